The molecule has 7 nitrogen and oxygen atoms in total. The van der Waals surface area contributed by atoms with Gasteiger partial charge in [0.2, 0.25) is 10.0 Å². The third-order valence-corrected chi connectivity index (χ3v) is 4.73. The van der Waals surface area contributed by atoms with E-state index in [4.69, 9.17) is 9.63 Å². The van der Waals surface area contributed by atoms with E-state index in [1.165, 1.54) is 31.3 Å². The summed E-state index contributed by atoms with van der Waals surface area (Å²) in [5.41, 5.74) is 0.187. The molecule has 0 spiro atoms. The monoisotopic (exact) mass is 310 g/mol. The molecule has 0 atom stereocenters. The first-order valence-corrected chi connectivity index (χ1v) is 7.47. The Labute approximate surface area is 121 Å². The van der Waals surface area contributed by atoms with Crippen LogP contribution in [0.15, 0.2) is 39.8 Å². The SMILES string of the molecule is Cc1cc(CN(C)S(=O)(=O)c2ccccc2C(=O)O)no1. The summed E-state index contributed by atoms with van der Waals surface area (Å²) in [6.07, 6.45) is 0. The number of aromatic nitrogens is 1. The molecule has 0 amide bonds. The van der Waals surface area contributed by atoms with Crippen LogP contribution in [0.3, 0.4) is 0 Å². The Balaban J connectivity index is 2.35. The van der Waals surface area contributed by atoms with Crippen LogP contribution in [0.25, 0.3) is 0 Å². The predicted molar refractivity (Wildman–Crippen MR) is 73.3 cm³/mol. The normalized spacial score (nSPS) is 11.8. The highest BCUT2D eigenvalue weighted by molar-refractivity contribution is 7.89. The van der Waals surface area contributed by atoms with Gasteiger partial charge in [0.05, 0.1) is 22.7 Å². The van der Waals surface area contributed by atoms with Crippen LogP contribution in [0.5, 0.6) is 0 Å². The standard InChI is InChI=1S/C13H14N2O5S/c1-9-7-10(14-20-9)8-15(2)21(18,19)12-6-4-3-5-11(12)13(16)17/h3-7H,8H2,1-2H3,(H,16,17). The van der Waals surface area contributed by atoms with E-state index in [2.05, 4.69) is 5.16 Å². The summed E-state index contributed by atoms with van der Waals surface area (Å²) in [4.78, 5) is 10.9. The van der Waals surface area contributed by atoms with Crippen molar-refractivity contribution in [3.05, 3.63) is 47.3 Å². The molecule has 0 bridgehead atoms. The highest BCUT2D eigenvalue weighted by Crippen LogP contribution is 2.20. The third kappa shape index (κ3) is 3.11. The van der Waals surface area contributed by atoms with Crippen LogP contribution in [-0.2, 0) is 16.6 Å². The fraction of sp³-hybridized carbons (Fsp3) is 0.231. The van der Waals surface area contributed by atoms with Crippen molar-refractivity contribution < 1.29 is 22.8 Å². The third-order valence-electron chi connectivity index (χ3n) is 2.87. The number of nitrogens with zero attached hydrogens (tertiary/aromatic N) is 2. The molecule has 1 N–H and O–H groups in total. The van der Waals surface area contributed by atoms with E-state index in [1.54, 1.807) is 13.0 Å². The van der Waals surface area contributed by atoms with E-state index in [1.807, 2.05) is 0 Å². The lowest BCUT2D eigenvalue weighted by Crippen LogP contribution is -2.28. The van der Waals surface area contributed by atoms with E-state index < -0.39 is 16.0 Å². The molecule has 1 heterocycles. The molecule has 0 saturated carbocycles. The summed E-state index contributed by atoms with van der Waals surface area (Å²) in [6, 6.07) is 7.10. The molecule has 0 aliphatic heterocycles. The summed E-state index contributed by atoms with van der Waals surface area (Å²) >= 11 is 0. The number of carboxylic acids is 1. The predicted octanol–water partition coefficient (Wildman–Crippen LogP) is 1.50. The molecule has 2 rings (SSSR count). The largest absolute Gasteiger partial charge is 0.478 e. The molecular weight excluding hydrogens is 296 g/mol. The van der Waals surface area contributed by atoms with Crippen molar-refractivity contribution in [2.45, 2.75) is 18.4 Å². The zero-order valence-electron chi connectivity index (χ0n) is 11.5. The zero-order valence-corrected chi connectivity index (χ0v) is 12.3. The van der Waals surface area contributed by atoms with Crippen molar-refractivity contribution in [1.29, 1.82) is 0 Å². The van der Waals surface area contributed by atoms with Gasteiger partial charge in [-0.25, -0.2) is 13.2 Å². The molecule has 1 aromatic carbocycles. The minimum absolute atomic E-state index is 0.00632. The molecule has 21 heavy (non-hydrogen) atoms. The van der Waals surface area contributed by atoms with Crippen LogP contribution in [0, 0.1) is 6.92 Å². The van der Waals surface area contributed by atoms with E-state index in [0.29, 0.717) is 11.5 Å². The van der Waals surface area contributed by atoms with Crippen molar-refractivity contribution in [3.8, 4) is 0 Å². The summed E-state index contributed by atoms with van der Waals surface area (Å²) in [6.45, 7) is 1.69. The van der Waals surface area contributed by atoms with Crippen molar-refractivity contribution >= 4 is 16.0 Å². The zero-order chi connectivity index (χ0) is 15.6. The average molecular weight is 310 g/mol. The number of hydrogen-bond donors (Lipinski definition) is 1. The molecule has 112 valence electrons. The molecule has 0 aliphatic rings. The Morgan fingerprint density at radius 3 is 2.62 bits per heavy atom. The second-order valence-corrected chi connectivity index (χ2v) is 6.50. The Kier molecular flexibility index (Phi) is 4.10. The topological polar surface area (TPSA) is 101 Å². The quantitative estimate of drug-likeness (QED) is 0.898. The Morgan fingerprint density at radius 1 is 1.38 bits per heavy atom. The van der Waals surface area contributed by atoms with Gasteiger partial charge in [-0.15, -0.1) is 0 Å². The van der Waals surface area contributed by atoms with Crippen molar-refractivity contribution in [2.75, 3.05) is 7.05 Å². The van der Waals surface area contributed by atoms with Crippen LogP contribution in [-0.4, -0.2) is 36.0 Å². The van der Waals surface area contributed by atoms with Crippen molar-refractivity contribution in [3.63, 3.8) is 0 Å². The Bertz CT molecular complexity index is 766. The van der Waals surface area contributed by atoms with Gasteiger partial charge in [0.15, 0.2) is 0 Å². The number of carbonyl (C=O) groups is 1. The molecule has 0 unspecified atom stereocenters. The van der Waals surface area contributed by atoms with E-state index in [0.717, 1.165) is 4.31 Å². The van der Waals surface area contributed by atoms with Gasteiger partial charge in [0, 0.05) is 13.1 Å². The van der Waals surface area contributed by atoms with E-state index in [9.17, 15) is 13.2 Å². The van der Waals surface area contributed by atoms with E-state index in [-0.39, 0.29) is 17.0 Å². The molecular formula is C13H14N2O5S. The molecule has 0 aliphatic carbocycles. The first-order valence-electron chi connectivity index (χ1n) is 6.03. The number of benzene rings is 1. The van der Waals surface area contributed by atoms with Crippen LogP contribution >= 0.6 is 0 Å². The fourth-order valence-corrected chi connectivity index (χ4v) is 3.16. The number of rotatable bonds is 5. The summed E-state index contributed by atoms with van der Waals surface area (Å²) in [7, 11) is -2.57. The Hall–Kier alpha value is -2.19. The maximum atomic E-state index is 12.5. The number of aromatic carboxylic acids is 1. The lowest BCUT2D eigenvalue weighted by molar-refractivity contribution is 0.0692. The molecule has 1 aromatic heterocycles. The van der Waals surface area contributed by atoms with Gasteiger partial charge in [-0.05, 0) is 19.1 Å². The van der Waals surface area contributed by atoms with E-state index >= 15 is 0 Å². The highest BCUT2D eigenvalue weighted by Gasteiger charge is 2.26. The lowest BCUT2D eigenvalue weighted by atomic mass is 10.2. The first kappa shape index (κ1) is 15.2. The first-order chi connectivity index (χ1) is 9.82. The van der Waals surface area contributed by atoms with Crippen LogP contribution < -0.4 is 0 Å². The lowest BCUT2D eigenvalue weighted by Gasteiger charge is -2.17. The molecule has 2 aromatic rings. The molecule has 8 heteroatoms. The van der Waals surface area contributed by atoms with Crippen LogP contribution in [0.4, 0.5) is 0 Å². The second kappa shape index (κ2) is 5.66. The second-order valence-electron chi connectivity index (χ2n) is 4.49. The van der Waals surface area contributed by atoms with Crippen molar-refractivity contribution in [2.24, 2.45) is 0 Å². The average Bonchev–Trinajstić information content (AvgIpc) is 2.84. The van der Waals surface area contributed by atoms with Gasteiger partial charge >= 0.3 is 5.97 Å². The smallest absolute Gasteiger partial charge is 0.337 e. The molecule has 0 saturated heterocycles. The van der Waals surface area contributed by atoms with Crippen LogP contribution in [0.2, 0.25) is 0 Å². The highest BCUT2D eigenvalue weighted by atomic mass is 32.2. The summed E-state index contributed by atoms with van der Waals surface area (Å²) in [5.74, 6) is -0.721. The number of carboxylic acid groups (broad SMARTS) is 1. The van der Waals surface area contributed by atoms with Crippen LogP contribution in [0.1, 0.15) is 21.8 Å². The number of hydrogen-bond acceptors (Lipinski definition) is 5. The number of sulfonamides is 1. The summed E-state index contributed by atoms with van der Waals surface area (Å²) in [5, 5.41) is 12.8. The molecule has 0 fully saturated rings. The van der Waals surface area contributed by atoms with Gasteiger partial charge in [0.1, 0.15) is 5.76 Å². The number of aryl methyl sites for hydroxylation is 1. The maximum absolute atomic E-state index is 12.5. The van der Waals surface area contributed by atoms with Gasteiger partial charge < -0.3 is 9.63 Å². The van der Waals surface area contributed by atoms with Gasteiger partial charge in [0.25, 0.3) is 0 Å². The van der Waals surface area contributed by atoms with Gasteiger partial charge in [-0.1, -0.05) is 17.3 Å². The van der Waals surface area contributed by atoms with Crippen molar-refractivity contribution in [1.82, 2.24) is 9.46 Å². The fourth-order valence-electron chi connectivity index (χ4n) is 1.84. The molecule has 0 radical (unpaired) electrons. The minimum Gasteiger partial charge on any atom is -0.478 e. The maximum Gasteiger partial charge on any atom is 0.337 e. The summed E-state index contributed by atoms with van der Waals surface area (Å²) < 4.78 is 30.9. The van der Waals surface area contributed by atoms with Gasteiger partial charge in [-0.3, -0.25) is 0 Å². The Morgan fingerprint density at radius 2 is 2.05 bits per heavy atom. The minimum atomic E-state index is -3.93. The van der Waals surface area contributed by atoms with Gasteiger partial charge in [-0.2, -0.15) is 4.31 Å².